The number of hydrogen-bond acceptors (Lipinski definition) is 1. The van der Waals surface area contributed by atoms with Crippen LogP contribution in [0.3, 0.4) is 0 Å². The first-order valence-corrected chi connectivity index (χ1v) is 7.99. The maximum absolute atomic E-state index is 6.04. The molecule has 0 aliphatic carbocycles. The van der Waals surface area contributed by atoms with Crippen LogP contribution in [0, 0.1) is 10.8 Å². The smallest absolute Gasteiger partial charge is 0.115 e. The Morgan fingerprint density at radius 2 is 1.50 bits per heavy atom. The van der Waals surface area contributed by atoms with Gasteiger partial charge in [-0.3, -0.25) is 0 Å². The Morgan fingerprint density at radius 3 is 1.75 bits per heavy atom. The van der Waals surface area contributed by atoms with Crippen molar-refractivity contribution in [3.63, 3.8) is 0 Å². The summed E-state index contributed by atoms with van der Waals surface area (Å²) in [7, 11) is 4.02. The molecule has 0 saturated carbocycles. The second-order valence-electron chi connectivity index (χ2n) is 7.92. The first-order chi connectivity index (χ1) is 8.27. The molecule has 120 valence electrons. The van der Waals surface area contributed by atoms with E-state index < -0.39 is 0 Å². The van der Waals surface area contributed by atoms with Gasteiger partial charge in [0, 0.05) is 5.33 Å². The number of likely N-dealkylation sites (N-methyl/N-ethyl adjacent to an activating group) is 1. The van der Waals surface area contributed by atoms with Crippen LogP contribution in [0.1, 0.15) is 41.5 Å². The maximum atomic E-state index is 6.04. The van der Waals surface area contributed by atoms with Crippen molar-refractivity contribution in [3.05, 3.63) is 23.3 Å². The molecule has 0 spiro atoms. The second kappa shape index (κ2) is 8.11. The van der Waals surface area contributed by atoms with Crippen LogP contribution in [0.15, 0.2) is 23.3 Å². The number of nitrogens with zero attached hydrogens (tertiary/aromatic N) is 1. The number of nitrogens with two attached hydrogens (primary N) is 1. The van der Waals surface area contributed by atoms with Crippen molar-refractivity contribution < 1.29 is 21.6 Å². The minimum absolute atomic E-state index is 0. The van der Waals surface area contributed by atoms with E-state index in [1.54, 1.807) is 0 Å². The van der Waals surface area contributed by atoms with Crippen molar-refractivity contribution >= 4 is 15.9 Å². The quantitative estimate of drug-likeness (QED) is 0.243. The van der Waals surface area contributed by atoms with Crippen molar-refractivity contribution in [2.75, 3.05) is 26.0 Å². The van der Waals surface area contributed by atoms with E-state index >= 15 is 0 Å². The molecule has 0 amide bonds. The van der Waals surface area contributed by atoms with Gasteiger partial charge in [-0.1, -0.05) is 69.1 Å². The Kier molecular flexibility index (Phi) is 9.18. The van der Waals surface area contributed by atoms with Crippen molar-refractivity contribution in [1.29, 1.82) is 0 Å². The molecule has 0 atom stereocenters. The summed E-state index contributed by atoms with van der Waals surface area (Å²) in [5, 5.41) is 0.908. The van der Waals surface area contributed by atoms with Crippen LogP contribution < -0.4 is 22.8 Å². The van der Waals surface area contributed by atoms with Gasteiger partial charge in [0.2, 0.25) is 0 Å². The molecule has 0 bridgehead atoms. The molecule has 0 radical (unpaired) electrons. The van der Waals surface area contributed by atoms with Crippen molar-refractivity contribution in [2.24, 2.45) is 16.7 Å². The Morgan fingerprint density at radius 1 is 1.05 bits per heavy atom. The molecule has 2 N–H and O–H groups in total. The van der Waals surface area contributed by atoms with Crippen LogP contribution in [0.5, 0.6) is 0 Å². The summed E-state index contributed by atoms with van der Waals surface area (Å²) >= 11 is 3.61. The zero-order valence-corrected chi connectivity index (χ0v) is 17.5. The average molecular weight is 412 g/mol. The maximum Gasteiger partial charge on any atom is 0.115 e. The third kappa shape index (κ3) is 9.32. The van der Waals surface area contributed by atoms with Crippen LogP contribution >= 0.6 is 15.9 Å². The van der Waals surface area contributed by atoms with Gasteiger partial charge in [0.1, 0.15) is 6.54 Å². The summed E-state index contributed by atoms with van der Waals surface area (Å²) in [6, 6.07) is 0. The fourth-order valence-electron chi connectivity index (χ4n) is 1.56. The normalized spacial score (nSPS) is 15.1. The number of hydrogen-bond donors (Lipinski definition) is 1. The SMILES string of the molecule is CC(C)(C)/C(=C/C(=C\C[N+](C)(C)N)C(C)(C)C)CBr.[Br-]. The lowest BCUT2D eigenvalue weighted by molar-refractivity contribution is -0.896. The average Bonchev–Trinajstić information content (AvgIpc) is 2.11. The van der Waals surface area contributed by atoms with Crippen LogP contribution in [-0.4, -0.2) is 30.6 Å². The molecule has 0 aromatic rings. The van der Waals surface area contributed by atoms with Gasteiger partial charge in [-0.05, 0) is 22.5 Å². The van der Waals surface area contributed by atoms with Gasteiger partial charge in [0.25, 0.3) is 0 Å². The standard InChI is InChI=1S/C16H32BrN2.BrH/c1-15(2,3)13(9-10-19(7,8)18)11-14(12-17)16(4,5)6;/h9,11H,10,12,18H2,1-8H3;1H/q+1;/p-1/b13-9+,14-11+;. The van der Waals surface area contributed by atoms with Crippen LogP contribution in [0.25, 0.3) is 0 Å². The van der Waals surface area contributed by atoms with E-state index in [9.17, 15) is 0 Å². The summed E-state index contributed by atoms with van der Waals surface area (Å²) in [6.07, 6.45) is 4.61. The van der Waals surface area contributed by atoms with E-state index in [0.717, 1.165) is 11.9 Å². The summed E-state index contributed by atoms with van der Waals surface area (Å²) in [4.78, 5) is 0. The lowest BCUT2D eigenvalue weighted by Gasteiger charge is -2.28. The third-order valence-electron chi connectivity index (χ3n) is 3.08. The Bertz CT molecular complexity index is 350. The fraction of sp³-hybridized carbons (Fsp3) is 0.750. The molecule has 0 rings (SSSR count). The topological polar surface area (TPSA) is 26.0 Å². The summed E-state index contributed by atoms with van der Waals surface area (Å²) < 4.78 is 0.465. The zero-order valence-electron chi connectivity index (χ0n) is 14.3. The van der Waals surface area contributed by atoms with Gasteiger partial charge in [-0.15, -0.1) is 0 Å². The minimum Gasteiger partial charge on any atom is -1.00 e. The molecular weight excluding hydrogens is 380 g/mol. The van der Waals surface area contributed by atoms with Gasteiger partial charge in [-0.25, -0.2) is 4.59 Å². The number of alkyl halides is 1. The first-order valence-electron chi connectivity index (χ1n) is 6.86. The van der Waals surface area contributed by atoms with Crippen LogP contribution in [-0.2, 0) is 0 Å². The predicted octanol–water partition coefficient (Wildman–Crippen LogP) is 1.28. The van der Waals surface area contributed by atoms with E-state index in [-0.39, 0.29) is 27.8 Å². The van der Waals surface area contributed by atoms with Gasteiger partial charge < -0.3 is 17.0 Å². The highest BCUT2D eigenvalue weighted by Crippen LogP contribution is 2.33. The molecule has 0 heterocycles. The van der Waals surface area contributed by atoms with E-state index in [1.807, 2.05) is 14.1 Å². The lowest BCUT2D eigenvalue weighted by Crippen LogP contribution is -3.00. The Labute approximate surface area is 144 Å². The number of halogens is 2. The van der Waals surface area contributed by atoms with Gasteiger partial charge in [0.05, 0.1) is 14.1 Å². The van der Waals surface area contributed by atoms with Crippen LogP contribution in [0.2, 0.25) is 0 Å². The minimum atomic E-state index is 0. The largest absolute Gasteiger partial charge is 1.00 e. The summed E-state index contributed by atoms with van der Waals surface area (Å²) in [5.74, 6) is 6.04. The highest BCUT2D eigenvalue weighted by molar-refractivity contribution is 9.09. The number of allylic oxidation sites excluding steroid dienone is 3. The molecule has 0 saturated heterocycles. The third-order valence-corrected chi connectivity index (χ3v) is 3.69. The number of quaternary nitrogens is 1. The van der Waals surface area contributed by atoms with E-state index in [4.69, 9.17) is 5.84 Å². The van der Waals surface area contributed by atoms with Gasteiger partial charge in [-0.2, -0.15) is 5.84 Å². The summed E-state index contributed by atoms with van der Waals surface area (Å²) in [6.45, 7) is 14.3. The molecule has 0 aromatic carbocycles. The first kappa shape index (κ1) is 22.6. The zero-order chi connectivity index (χ0) is 15.5. The van der Waals surface area contributed by atoms with Gasteiger partial charge in [0.15, 0.2) is 0 Å². The van der Waals surface area contributed by atoms with Crippen molar-refractivity contribution in [3.8, 4) is 0 Å². The summed E-state index contributed by atoms with van der Waals surface area (Å²) in [5.41, 5.74) is 3.08. The van der Waals surface area contributed by atoms with E-state index in [0.29, 0.717) is 4.59 Å². The van der Waals surface area contributed by atoms with Crippen LogP contribution in [0.4, 0.5) is 0 Å². The molecule has 0 aliphatic rings. The monoisotopic (exact) mass is 410 g/mol. The Balaban J connectivity index is 0. The highest BCUT2D eigenvalue weighted by atomic mass is 79.9. The molecule has 0 aromatic heterocycles. The molecule has 20 heavy (non-hydrogen) atoms. The van der Waals surface area contributed by atoms with Gasteiger partial charge >= 0.3 is 0 Å². The van der Waals surface area contributed by atoms with Crippen molar-refractivity contribution in [1.82, 2.24) is 0 Å². The predicted molar refractivity (Wildman–Crippen MR) is 90.0 cm³/mol. The Hall–Kier alpha value is 0.360. The molecule has 0 fully saturated rings. The highest BCUT2D eigenvalue weighted by Gasteiger charge is 2.21. The molecule has 0 aliphatic heterocycles. The molecule has 4 heteroatoms. The fourth-order valence-corrected chi connectivity index (χ4v) is 2.56. The molecule has 0 unspecified atom stereocenters. The lowest BCUT2D eigenvalue weighted by atomic mass is 9.80. The molecule has 2 nitrogen and oxygen atoms in total. The second-order valence-corrected chi connectivity index (χ2v) is 8.48. The van der Waals surface area contributed by atoms with Crippen molar-refractivity contribution in [2.45, 2.75) is 41.5 Å². The molecular formula is C16H32Br2N2. The van der Waals surface area contributed by atoms with E-state index in [2.05, 4.69) is 69.6 Å². The number of rotatable bonds is 4. The van der Waals surface area contributed by atoms with E-state index in [1.165, 1.54) is 11.1 Å².